The van der Waals surface area contributed by atoms with Crippen LogP contribution in [0.5, 0.6) is 0 Å². The van der Waals surface area contributed by atoms with Gasteiger partial charge in [0.25, 0.3) is 0 Å². The molecule has 0 spiro atoms. The Kier molecular flexibility index (Phi) is 6.18. The van der Waals surface area contributed by atoms with E-state index in [1.807, 2.05) is 54.6 Å². The topological polar surface area (TPSA) is 63.1 Å². The van der Waals surface area contributed by atoms with E-state index in [1.165, 1.54) is 24.6 Å². The van der Waals surface area contributed by atoms with E-state index in [0.29, 0.717) is 0 Å². The third kappa shape index (κ3) is 4.69. The van der Waals surface area contributed by atoms with E-state index in [9.17, 15) is 4.79 Å². The highest BCUT2D eigenvalue weighted by molar-refractivity contribution is 7.99. The van der Waals surface area contributed by atoms with Gasteiger partial charge in [-0.3, -0.25) is 14.3 Å². The third-order valence-electron chi connectivity index (χ3n) is 5.64. The van der Waals surface area contributed by atoms with Crippen LogP contribution in [0.3, 0.4) is 0 Å². The number of thioether (sulfide) groups is 1. The van der Waals surface area contributed by atoms with Gasteiger partial charge in [0, 0.05) is 11.4 Å². The van der Waals surface area contributed by atoms with Crippen LogP contribution in [0.4, 0.5) is 5.69 Å². The van der Waals surface area contributed by atoms with Crippen molar-refractivity contribution in [1.29, 1.82) is 0 Å². The van der Waals surface area contributed by atoms with Crippen LogP contribution in [0.1, 0.15) is 18.7 Å². The molecule has 0 aliphatic carbocycles. The molecule has 2 heterocycles. The Morgan fingerprint density at radius 2 is 1.66 bits per heavy atom. The molecule has 1 fully saturated rings. The maximum atomic E-state index is 12.7. The van der Waals surface area contributed by atoms with Crippen LogP contribution in [0.15, 0.2) is 78.0 Å². The van der Waals surface area contributed by atoms with Gasteiger partial charge in [0.1, 0.15) is 0 Å². The number of amides is 1. The molecule has 32 heavy (non-hydrogen) atoms. The standard InChI is InChI=1S/C25H25N5OS/c31-24(26-21-13-12-19-8-4-5-9-20(19)16-21)18-32-25-28-27-23(17-29-14-6-7-15-29)30(25)22-10-2-1-3-11-22/h1-5,8-13,16H,6-7,14-15,17-18H2,(H,26,31). The molecule has 0 radical (unpaired) electrons. The quantitative estimate of drug-likeness (QED) is 0.418. The van der Waals surface area contributed by atoms with E-state index in [0.717, 1.165) is 52.8 Å². The van der Waals surface area contributed by atoms with Crippen LogP contribution < -0.4 is 5.32 Å². The maximum Gasteiger partial charge on any atom is 0.234 e. The second kappa shape index (κ2) is 9.54. The fourth-order valence-electron chi connectivity index (χ4n) is 4.07. The van der Waals surface area contributed by atoms with Crippen molar-refractivity contribution in [2.45, 2.75) is 24.5 Å². The van der Waals surface area contributed by atoms with Gasteiger partial charge in [-0.25, -0.2) is 0 Å². The fraction of sp³-hybridized carbons (Fsp3) is 0.240. The Morgan fingerprint density at radius 3 is 2.47 bits per heavy atom. The van der Waals surface area contributed by atoms with E-state index in [2.05, 4.69) is 43.2 Å². The lowest BCUT2D eigenvalue weighted by atomic mass is 10.1. The van der Waals surface area contributed by atoms with Gasteiger partial charge < -0.3 is 5.32 Å². The Balaban J connectivity index is 1.30. The minimum absolute atomic E-state index is 0.0611. The lowest BCUT2D eigenvalue weighted by Gasteiger charge is -2.16. The van der Waals surface area contributed by atoms with Crippen molar-refractivity contribution in [3.05, 3.63) is 78.6 Å². The Hall–Kier alpha value is -3.16. The van der Waals surface area contributed by atoms with E-state index >= 15 is 0 Å². The summed E-state index contributed by atoms with van der Waals surface area (Å²) < 4.78 is 2.08. The minimum Gasteiger partial charge on any atom is -0.325 e. The number of fused-ring (bicyclic) bond motifs is 1. The molecule has 0 atom stereocenters. The number of carbonyl (C=O) groups excluding carboxylic acids is 1. The summed E-state index contributed by atoms with van der Waals surface area (Å²) in [4.78, 5) is 15.1. The highest BCUT2D eigenvalue weighted by Crippen LogP contribution is 2.24. The molecular weight excluding hydrogens is 418 g/mol. The first kappa shape index (κ1) is 20.7. The molecule has 6 nitrogen and oxygen atoms in total. The highest BCUT2D eigenvalue weighted by atomic mass is 32.2. The number of nitrogens with one attached hydrogen (secondary N) is 1. The molecule has 1 aliphatic heterocycles. The predicted octanol–water partition coefficient (Wildman–Crippen LogP) is 4.75. The number of hydrogen-bond acceptors (Lipinski definition) is 5. The van der Waals surface area contributed by atoms with Crippen LogP contribution in [0, 0.1) is 0 Å². The molecule has 0 bridgehead atoms. The van der Waals surface area contributed by atoms with Crippen LogP contribution in [-0.4, -0.2) is 44.4 Å². The van der Waals surface area contributed by atoms with Crippen LogP contribution in [-0.2, 0) is 11.3 Å². The molecule has 0 saturated carbocycles. The molecule has 162 valence electrons. The molecule has 7 heteroatoms. The molecule has 1 saturated heterocycles. The predicted molar refractivity (Wildman–Crippen MR) is 129 cm³/mol. The summed E-state index contributed by atoms with van der Waals surface area (Å²) in [7, 11) is 0. The van der Waals surface area contributed by atoms with Crippen molar-refractivity contribution in [3.63, 3.8) is 0 Å². The zero-order chi connectivity index (χ0) is 21.8. The number of carbonyl (C=O) groups is 1. The number of para-hydroxylation sites is 1. The molecule has 4 aromatic rings. The summed E-state index contributed by atoms with van der Waals surface area (Å²) in [5.74, 6) is 1.12. The Labute approximate surface area is 191 Å². The van der Waals surface area contributed by atoms with Gasteiger partial charge in [0.15, 0.2) is 11.0 Å². The minimum atomic E-state index is -0.0611. The monoisotopic (exact) mass is 443 g/mol. The zero-order valence-electron chi connectivity index (χ0n) is 17.8. The lowest BCUT2D eigenvalue weighted by Crippen LogP contribution is -2.21. The number of benzene rings is 3. The van der Waals surface area contributed by atoms with E-state index < -0.39 is 0 Å². The maximum absolute atomic E-state index is 12.7. The zero-order valence-corrected chi connectivity index (χ0v) is 18.6. The van der Waals surface area contributed by atoms with Crippen molar-refractivity contribution in [2.24, 2.45) is 0 Å². The molecule has 5 rings (SSSR count). The summed E-state index contributed by atoms with van der Waals surface area (Å²) in [5, 5.41) is 14.9. The molecule has 1 N–H and O–H groups in total. The smallest absolute Gasteiger partial charge is 0.234 e. The SMILES string of the molecule is O=C(CSc1nnc(CN2CCCC2)n1-c1ccccc1)Nc1ccc2ccccc2c1. The Morgan fingerprint density at radius 1 is 0.906 bits per heavy atom. The number of hydrogen-bond donors (Lipinski definition) is 1. The first-order valence-corrected chi connectivity index (χ1v) is 11.9. The molecule has 1 aliphatic rings. The summed E-state index contributed by atoms with van der Waals surface area (Å²) in [6.45, 7) is 2.96. The van der Waals surface area contributed by atoms with Crippen LogP contribution >= 0.6 is 11.8 Å². The van der Waals surface area contributed by atoms with Crippen molar-refractivity contribution in [2.75, 3.05) is 24.2 Å². The van der Waals surface area contributed by atoms with Crippen molar-refractivity contribution >= 4 is 34.1 Å². The normalized spacial score (nSPS) is 14.1. The second-order valence-electron chi connectivity index (χ2n) is 7.95. The highest BCUT2D eigenvalue weighted by Gasteiger charge is 2.20. The van der Waals surface area contributed by atoms with Crippen molar-refractivity contribution in [3.8, 4) is 5.69 Å². The summed E-state index contributed by atoms with van der Waals surface area (Å²) in [6, 6.07) is 24.2. The molecule has 3 aromatic carbocycles. The molecule has 0 unspecified atom stereocenters. The number of aromatic nitrogens is 3. The van der Waals surface area contributed by atoms with Crippen LogP contribution in [0.2, 0.25) is 0 Å². The van der Waals surface area contributed by atoms with Gasteiger partial charge in [-0.1, -0.05) is 60.3 Å². The van der Waals surface area contributed by atoms with Gasteiger partial charge in [-0.15, -0.1) is 10.2 Å². The first-order valence-electron chi connectivity index (χ1n) is 10.9. The fourth-order valence-corrected chi connectivity index (χ4v) is 4.84. The van der Waals surface area contributed by atoms with E-state index in [1.54, 1.807) is 0 Å². The number of nitrogens with zero attached hydrogens (tertiary/aromatic N) is 4. The molecular formula is C25H25N5OS. The second-order valence-corrected chi connectivity index (χ2v) is 8.89. The van der Waals surface area contributed by atoms with Crippen molar-refractivity contribution in [1.82, 2.24) is 19.7 Å². The van der Waals surface area contributed by atoms with Gasteiger partial charge in [-0.2, -0.15) is 0 Å². The molecule has 1 amide bonds. The largest absolute Gasteiger partial charge is 0.325 e. The summed E-state index contributed by atoms with van der Waals surface area (Å²) >= 11 is 1.41. The van der Waals surface area contributed by atoms with Gasteiger partial charge >= 0.3 is 0 Å². The number of rotatable bonds is 7. The van der Waals surface area contributed by atoms with E-state index in [4.69, 9.17) is 0 Å². The average molecular weight is 444 g/mol. The van der Waals surface area contributed by atoms with Gasteiger partial charge in [-0.05, 0) is 61.0 Å². The third-order valence-corrected chi connectivity index (χ3v) is 6.57. The lowest BCUT2D eigenvalue weighted by molar-refractivity contribution is -0.113. The van der Waals surface area contributed by atoms with E-state index in [-0.39, 0.29) is 11.7 Å². The average Bonchev–Trinajstić information content (AvgIpc) is 3.48. The Bertz CT molecular complexity index is 1220. The molecule has 1 aromatic heterocycles. The first-order chi connectivity index (χ1) is 15.8. The van der Waals surface area contributed by atoms with Gasteiger partial charge in [0.05, 0.1) is 12.3 Å². The van der Waals surface area contributed by atoms with Crippen molar-refractivity contribution < 1.29 is 4.79 Å². The number of likely N-dealkylation sites (tertiary alicyclic amines) is 1. The number of anilines is 1. The van der Waals surface area contributed by atoms with Crippen LogP contribution in [0.25, 0.3) is 16.5 Å². The summed E-state index contributed by atoms with van der Waals surface area (Å²) in [5.41, 5.74) is 1.82. The van der Waals surface area contributed by atoms with Gasteiger partial charge in [0.2, 0.25) is 5.91 Å². The summed E-state index contributed by atoms with van der Waals surface area (Å²) in [6.07, 6.45) is 2.46.